The molecule has 9 heteroatoms. The van der Waals surface area contributed by atoms with Gasteiger partial charge in [-0.2, -0.15) is 26.3 Å². The number of halogens is 6. The van der Waals surface area contributed by atoms with E-state index in [9.17, 15) is 31.1 Å². The number of carbonyl (C=O) groups is 1. The van der Waals surface area contributed by atoms with Gasteiger partial charge in [0.05, 0.1) is 16.8 Å². The highest BCUT2D eigenvalue weighted by Crippen LogP contribution is 2.39. The van der Waals surface area contributed by atoms with Gasteiger partial charge in [-0.15, -0.1) is 11.8 Å². The molecule has 1 aromatic carbocycles. The Kier molecular flexibility index (Phi) is 5.46. The second kappa shape index (κ2) is 7.07. The van der Waals surface area contributed by atoms with Gasteiger partial charge in [-0.1, -0.05) is 19.1 Å². The minimum Gasteiger partial charge on any atom is -0.296 e. The van der Waals surface area contributed by atoms with Crippen LogP contribution in [-0.4, -0.2) is 17.0 Å². The van der Waals surface area contributed by atoms with E-state index in [1.54, 1.807) is 6.92 Å². The number of nitrogens with zero attached hydrogens (tertiary/aromatic N) is 1. The Hall–Kier alpha value is -2.03. The average Bonchev–Trinajstić information content (AvgIpc) is 2.53. The fourth-order valence-corrected chi connectivity index (χ4v) is 2.87. The Balaban J connectivity index is 2.64. The van der Waals surface area contributed by atoms with E-state index in [1.807, 2.05) is 0 Å². The summed E-state index contributed by atoms with van der Waals surface area (Å²) < 4.78 is 77.8. The minimum atomic E-state index is -4.77. The number of rotatable bonds is 4. The summed E-state index contributed by atoms with van der Waals surface area (Å²) in [6.07, 6.45) is -9.05. The van der Waals surface area contributed by atoms with E-state index in [1.165, 1.54) is 0 Å². The predicted molar refractivity (Wildman–Crippen MR) is 81.5 cm³/mol. The number of carbonyl (C=O) groups excluding carboxylic acids is 1. The standard InChI is InChI=1S/C16H11F6NOS/c1-2-25-13-7-11(16(20,21)22)14(23-12(13)8-24)9-3-5-10(6-4-9)15(17,18)19/h3-8H,2H2,1H3. The first-order valence-corrected chi connectivity index (χ1v) is 7.94. The van der Waals surface area contributed by atoms with E-state index < -0.39 is 29.2 Å². The van der Waals surface area contributed by atoms with Crippen molar-refractivity contribution in [1.29, 1.82) is 0 Å². The van der Waals surface area contributed by atoms with Crippen molar-refractivity contribution in [3.8, 4) is 11.3 Å². The number of aldehydes is 1. The quantitative estimate of drug-likeness (QED) is 0.387. The summed E-state index contributed by atoms with van der Waals surface area (Å²) in [5.74, 6) is 0.430. The molecule has 0 fully saturated rings. The van der Waals surface area contributed by atoms with Gasteiger partial charge in [0.25, 0.3) is 0 Å². The molecule has 0 aliphatic rings. The Labute approximate surface area is 143 Å². The largest absolute Gasteiger partial charge is 0.418 e. The zero-order chi connectivity index (χ0) is 18.8. The molecule has 0 saturated carbocycles. The van der Waals surface area contributed by atoms with Crippen LogP contribution < -0.4 is 0 Å². The average molecular weight is 379 g/mol. The second-order valence-electron chi connectivity index (χ2n) is 4.89. The van der Waals surface area contributed by atoms with Crippen LogP contribution in [0, 0.1) is 0 Å². The first kappa shape index (κ1) is 19.3. The van der Waals surface area contributed by atoms with Crippen molar-refractivity contribution in [2.24, 2.45) is 0 Å². The smallest absolute Gasteiger partial charge is 0.296 e. The molecular formula is C16H11F6NOS. The highest BCUT2D eigenvalue weighted by Gasteiger charge is 2.36. The lowest BCUT2D eigenvalue weighted by Gasteiger charge is -2.16. The van der Waals surface area contributed by atoms with Crippen LogP contribution in [0.1, 0.15) is 28.5 Å². The maximum atomic E-state index is 13.3. The molecular weight excluding hydrogens is 368 g/mol. The molecule has 134 valence electrons. The van der Waals surface area contributed by atoms with Crippen LogP contribution in [-0.2, 0) is 12.4 Å². The lowest BCUT2D eigenvalue weighted by Crippen LogP contribution is -2.11. The first-order chi connectivity index (χ1) is 11.6. The maximum Gasteiger partial charge on any atom is 0.418 e. The molecule has 2 aromatic rings. The minimum absolute atomic E-state index is 0.0699. The summed E-state index contributed by atoms with van der Waals surface area (Å²) >= 11 is 1.02. The SMILES string of the molecule is CCSc1cc(C(F)(F)F)c(-c2ccc(C(F)(F)F)cc2)nc1C=O. The van der Waals surface area contributed by atoms with Gasteiger partial charge in [-0.3, -0.25) is 4.79 Å². The lowest BCUT2D eigenvalue weighted by atomic mass is 10.0. The first-order valence-electron chi connectivity index (χ1n) is 6.95. The molecule has 2 nitrogen and oxygen atoms in total. The third-order valence-electron chi connectivity index (χ3n) is 3.22. The van der Waals surface area contributed by atoms with Crippen LogP contribution in [0.5, 0.6) is 0 Å². The van der Waals surface area contributed by atoms with Crippen molar-refractivity contribution in [2.75, 3.05) is 5.75 Å². The van der Waals surface area contributed by atoms with E-state index in [0.29, 0.717) is 24.2 Å². The number of hydrogen-bond donors (Lipinski definition) is 0. The zero-order valence-electron chi connectivity index (χ0n) is 12.7. The molecule has 1 heterocycles. The Morgan fingerprint density at radius 2 is 1.64 bits per heavy atom. The normalized spacial score (nSPS) is 12.3. The van der Waals surface area contributed by atoms with Gasteiger partial charge in [-0.25, -0.2) is 4.98 Å². The van der Waals surface area contributed by atoms with Crippen LogP contribution >= 0.6 is 11.8 Å². The molecule has 25 heavy (non-hydrogen) atoms. The van der Waals surface area contributed by atoms with Gasteiger partial charge in [0.15, 0.2) is 6.29 Å². The molecule has 0 N–H and O–H groups in total. The van der Waals surface area contributed by atoms with Crippen molar-refractivity contribution in [3.63, 3.8) is 0 Å². The zero-order valence-corrected chi connectivity index (χ0v) is 13.5. The summed E-state index contributed by atoms with van der Waals surface area (Å²) in [6, 6.07) is 3.96. The highest BCUT2D eigenvalue weighted by atomic mass is 32.2. The van der Waals surface area contributed by atoms with Crippen LogP contribution in [0.3, 0.4) is 0 Å². The van der Waals surface area contributed by atoms with Crippen LogP contribution in [0.2, 0.25) is 0 Å². The van der Waals surface area contributed by atoms with Crippen molar-refractivity contribution >= 4 is 18.0 Å². The summed E-state index contributed by atoms with van der Waals surface area (Å²) in [6.45, 7) is 1.70. The van der Waals surface area contributed by atoms with Gasteiger partial charge < -0.3 is 0 Å². The van der Waals surface area contributed by atoms with Crippen molar-refractivity contribution in [2.45, 2.75) is 24.2 Å². The highest BCUT2D eigenvalue weighted by molar-refractivity contribution is 7.99. The summed E-state index contributed by atoms with van der Waals surface area (Å²) in [7, 11) is 0. The monoisotopic (exact) mass is 379 g/mol. The molecule has 0 bridgehead atoms. The molecule has 0 saturated heterocycles. The second-order valence-corrected chi connectivity index (χ2v) is 6.20. The van der Waals surface area contributed by atoms with Crippen molar-refractivity contribution in [1.82, 2.24) is 4.98 Å². The summed E-state index contributed by atoms with van der Waals surface area (Å²) in [5, 5.41) is 0. The molecule has 0 atom stereocenters. The van der Waals surface area contributed by atoms with E-state index in [0.717, 1.165) is 30.0 Å². The summed E-state index contributed by atoms with van der Waals surface area (Å²) in [4.78, 5) is 14.9. The third-order valence-corrected chi connectivity index (χ3v) is 4.14. The van der Waals surface area contributed by atoms with Crippen molar-refractivity contribution in [3.05, 3.63) is 47.2 Å². The topological polar surface area (TPSA) is 30.0 Å². The van der Waals surface area contributed by atoms with Crippen molar-refractivity contribution < 1.29 is 31.1 Å². The molecule has 0 unspecified atom stereocenters. The molecule has 1 aromatic heterocycles. The van der Waals surface area contributed by atoms with Gasteiger partial charge in [0.2, 0.25) is 0 Å². The lowest BCUT2D eigenvalue weighted by molar-refractivity contribution is -0.138. The Morgan fingerprint density at radius 1 is 1.04 bits per heavy atom. The number of hydrogen-bond acceptors (Lipinski definition) is 3. The molecule has 0 aliphatic carbocycles. The summed E-state index contributed by atoms with van der Waals surface area (Å²) in [5.41, 5.74) is -3.01. The van der Waals surface area contributed by atoms with E-state index in [-0.39, 0.29) is 16.2 Å². The molecule has 0 spiro atoms. The number of thioether (sulfide) groups is 1. The van der Waals surface area contributed by atoms with E-state index in [2.05, 4.69) is 4.98 Å². The fourth-order valence-electron chi connectivity index (χ4n) is 2.12. The Morgan fingerprint density at radius 3 is 2.08 bits per heavy atom. The Bertz CT molecular complexity index is 768. The van der Waals surface area contributed by atoms with Gasteiger partial charge >= 0.3 is 12.4 Å². The van der Waals surface area contributed by atoms with Crippen LogP contribution in [0.25, 0.3) is 11.3 Å². The van der Waals surface area contributed by atoms with E-state index in [4.69, 9.17) is 0 Å². The van der Waals surface area contributed by atoms with Gasteiger partial charge in [0, 0.05) is 10.5 Å². The number of pyridine rings is 1. The van der Waals surface area contributed by atoms with Crippen LogP contribution in [0.15, 0.2) is 35.2 Å². The number of benzene rings is 1. The van der Waals surface area contributed by atoms with Crippen LogP contribution in [0.4, 0.5) is 26.3 Å². The number of alkyl halides is 6. The van der Waals surface area contributed by atoms with E-state index >= 15 is 0 Å². The molecule has 2 rings (SSSR count). The number of aromatic nitrogens is 1. The molecule has 0 radical (unpaired) electrons. The molecule has 0 amide bonds. The molecule has 0 aliphatic heterocycles. The third kappa shape index (κ3) is 4.33. The van der Waals surface area contributed by atoms with Gasteiger partial charge in [0.1, 0.15) is 5.69 Å². The van der Waals surface area contributed by atoms with Gasteiger partial charge in [-0.05, 0) is 24.0 Å². The maximum absolute atomic E-state index is 13.3. The predicted octanol–water partition coefficient (Wildman–Crippen LogP) is 5.71. The fraction of sp³-hybridized carbons (Fsp3) is 0.250.